The average molecular weight is 419 g/mol. The molecule has 156 valence electrons. The smallest absolute Gasteiger partial charge is 0.244 e. The summed E-state index contributed by atoms with van der Waals surface area (Å²) in [5, 5.41) is 9.20. The molecule has 0 bridgehead atoms. The molecule has 9 heteroatoms. The van der Waals surface area contributed by atoms with Crippen molar-refractivity contribution in [1.82, 2.24) is 14.1 Å². The zero-order valence-electron chi connectivity index (χ0n) is 16.8. The molecule has 1 aromatic rings. The van der Waals surface area contributed by atoms with Gasteiger partial charge in [0.25, 0.3) is 0 Å². The molecule has 29 heavy (non-hydrogen) atoms. The molecule has 0 saturated carbocycles. The Hall–Kier alpha value is -2.28. The van der Waals surface area contributed by atoms with Gasteiger partial charge < -0.3 is 0 Å². The number of sulfonamides is 1. The molecule has 0 spiro atoms. The highest BCUT2D eigenvalue weighted by Gasteiger charge is 2.40. The summed E-state index contributed by atoms with van der Waals surface area (Å²) >= 11 is 0. The second kappa shape index (κ2) is 8.22. The van der Waals surface area contributed by atoms with Gasteiger partial charge in [0.15, 0.2) is 0 Å². The monoisotopic (exact) mass is 418 g/mol. The first-order chi connectivity index (χ1) is 13.7. The number of piperazine rings is 1. The van der Waals surface area contributed by atoms with Crippen LogP contribution in [0.15, 0.2) is 29.2 Å². The van der Waals surface area contributed by atoms with E-state index < -0.39 is 10.0 Å². The van der Waals surface area contributed by atoms with E-state index in [4.69, 9.17) is 0 Å². The van der Waals surface area contributed by atoms with E-state index in [0.29, 0.717) is 25.9 Å². The first kappa shape index (κ1) is 21.4. The summed E-state index contributed by atoms with van der Waals surface area (Å²) in [5.74, 6) is -0.327. The molecule has 2 amide bonds. The lowest BCUT2D eigenvalue weighted by molar-refractivity contribution is -0.156. The van der Waals surface area contributed by atoms with Crippen LogP contribution >= 0.6 is 0 Å². The Balaban J connectivity index is 1.63. The van der Waals surface area contributed by atoms with Gasteiger partial charge in [0.05, 0.1) is 17.1 Å². The average Bonchev–Trinajstić information content (AvgIpc) is 2.71. The third-order valence-electron chi connectivity index (χ3n) is 5.91. The number of nitrogens with zero attached hydrogens (tertiary/aromatic N) is 4. The molecular formula is C20H26N4O4S. The van der Waals surface area contributed by atoms with Gasteiger partial charge in [0.2, 0.25) is 21.8 Å². The van der Waals surface area contributed by atoms with Crippen LogP contribution in [-0.4, -0.2) is 67.2 Å². The fourth-order valence-electron chi connectivity index (χ4n) is 3.76. The molecule has 3 rings (SSSR count). The molecule has 0 aliphatic carbocycles. The quantitative estimate of drug-likeness (QED) is 0.670. The zero-order valence-corrected chi connectivity index (χ0v) is 17.6. The van der Waals surface area contributed by atoms with Crippen LogP contribution in [0, 0.1) is 16.7 Å². The summed E-state index contributed by atoms with van der Waals surface area (Å²) in [5.41, 5.74) is -0.149. The second-order valence-corrected chi connectivity index (χ2v) is 9.91. The van der Waals surface area contributed by atoms with Gasteiger partial charge in [0, 0.05) is 39.0 Å². The Bertz CT molecular complexity index is 927. The van der Waals surface area contributed by atoms with Crippen molar-refractivity contribution in [1.29, 1.82) is 5.26 Å². The summed E-state index contributed by atoms with van der Waals surface area (Å²) in [6.45, 7) is 5.45. The highest BCUT2D eigenvalue weighted by molar-refractivity contribution is 7.89. The Kier molecular flexibility index (Phi) is 6.08. The molecule has 8 nitrogen and oxygen atoms in total. The maximum absolute atomic E-state index is 12.9. The Morgan fingerprint density at radius 1 is 1.07 bits per heavy atom. The van der Waals surface area contributed by atoms with Crippen molar-refractivity contribution >= 4 is 21.8 Å². The molecule has 0 N–H and O–H groups in total. The van der Waals surface area contributed by atoms with E-state index in [1.54, 1.807) is 12.1 Å². The molecule has 0 radical (unpaired) electrons. The van der Waals surface area contributed by atoms with Crippen molar-refractivity contribution in [2.75, 3.05) is 32.8 Å². The predicted octanol–water partition coefficient (Wildman–Crippen LogP) is 1.39. The van der Waals surface area contributed by atoms with E-state index in [1.807, 2.05) is 24.8 Å². The van der Waals surface area contributed by atoms with Crippen LogP contribution in [0.25, 0.3) is 0 Å². The summed E-state index contributed by atoms with van der Waals surface area (Å²) in [6, 6.07) is 8.08. The molecule has 2 heterocycles. The molecule has 2 aliphatic rings. The van der Waals surface area contributed by atoms with Crippen LogP contribution < -0.4 is 0 Å². The largest absolute Gasteiger partial charge is 0.283 e. The number of likely N-dealkylation sites (tertiary alicyclic amines) is 1. The molecule has 2 fully saturated rings. The van der Waals surface area contributed by atoms with Gasteiger partial charge in [-0.3, -0.25) is 19.4 Å². The molecule has 2 aliphatic heterocycles. The number of amides is 2. The maximum atomic E-state index is 12.9. The third-order valence-corrected chi connectivity index (χ3v) is 7.87. The van der Waals surface area contributed by atoms with Crippen LogP contribution in [0.3, 0.4) is 0 Å². The maximum Gasteiger partial charge on any atom is 0.244 e. The molecular weight excluding hydrogens is 392 g/mol. The number of hydrogen-bond donors (Lipinski definition) is 0. The number of nitriles is 1. The Morgan fingerprint density at radius 3 is 2.21 bits per heavy atom. The fraction of sp³-hybridized carbons (Fsp3) is 0.550. The predicted molar refractivity (Wildman–Crippen MR) is 106 cm³/mol. The van der Waals surface area contributed by atoms with Gasteiger partial charge >= 0.3 is 0 Å². The summed E-state index contributed by atoms with van der Waals surface area (Å²) < 4.78 is 27.2. The Morgan fingerprint density at radius 2 is 1.66 bits per heavy atom. The number of carbonyl (C=O) groups is 2. The van der Waals surface area contributed by atoms with Gasteiger partial charge in [-0.25, -0.2) is 8.42 Å². The molecule has 1 aromatic carbocycles. The van der Waals surface area contributed by atoms with Crippen molar-refractivity contribution in [2.24, 2.45) is 5.41 Å². The van der Waals surface area contributed by atoms with Crippen LogP contribution in [0.1, 0.15) is 38.7 Å². The minimum atomic E-state index is -3.76. The lowest BCUT2D eigenvalue weighted by Crippen LogP contribution is -2.55. The molecule has 0 unspecified atom stereocenters. The van der Waals surface area contributed by atoms with E-state index in [-0.39, 0.29) is 47.4 Å². The van der Waals surface area contributed by atoms with E-state index in [9.17, 15) is 23.3 Å². The Labute approximate surface area is 171 Å². The number of piperidine rings is 1. The van der Waals surface area contributed by atoms with Gasteiger partial charge in [-0.05, 0) is 24.0 Å². The zero-order chi connectivity index (χ0) is 21.2. The van der Waals surface area contributed by atoms with Crippen molar-refractivity contribution in [3.8, 4) is 6.07 Å². The van der Waals surface area contributed by atoms with Crippen LogP contribution in [-0.2, 0) is 19.6 Å². The van der Waals surface area contributed by atoms with E-state index in [0.717, 1.165) is 6.42 Å². The highest BCUT2D eigenvalue weighted by Crippen LogP contribution is 2.35. The third kappa shape index (κ3) is 4.34. The molecule has 0 atom stereocenters. The first-order valence-corrected chi connectivity index (χ1v) is 11.2. The fourth-order valence-corrected chi connectivity index (χ4v) is 5.33. The number of carbonyl (C=O) groups excluding carboxylic acids is 2. The summed E-state index contributed by atoms with van der Waals surface area (Å²) in [6.07, 6.45) is 1.49. The van der Waals surface area contributed by atoms with E-state index >= 15 is 0 Å². The van der Waals surface area contributed by atoms with E-state index in [1.165, 1.54) is 21.3 Å². The van der Waals surface area contributed by atoms with Gasteiger partial charge in [-0.15, -0.1) is 0 Å². The minimum Gasteiger partial charge on any atom is -0.283 e. The van der Waals surface area contributed by atoms with Gasteiger partial charge in [-0.1, -0.05) is 26.0 Å². The molecule has 0 aromatic heterocycles. The number of hydrogen-bond acceptors (Lipinski definition) is 6. The standard InChI is InChI=1S/C20H26N4O4S/c1-3-20(2)12-18(25)24(19(26)13-20)15-22-8-10-23(11-9-22)29(27,28)17-7-5-4-6-16(17)14-21/h4-7H,3,8-13,15H2,1-2H3. The number of imide groups is 1. The lowest BCUT2D eigenvalue weighted by atomic mass is 9.77. The number of benzene rings is 1. The molecule has 2 saturated heterocycles. The topological polar surface area (TPSA) is 102 Å². The van der Waals surface area contributed by atoms with Crippen molar-refractivity contribution < 1.29 is 18.0 Å². The normalized spacial score (nSPS) is 21.2. The second-order valence-electron chi connectivity index (χ2n) is 8.00. The van der Waals surface area contributed by atoms with Crippen molar-refractivity contribution in [3.63, 3.8) is 0 Å². The van der Waals surface area contributed by atoms with Crippen molar-refractivity contribution in [2.45, 2.75) is 38.0 Å². The van der Waals surface area contributed by atoms with Crippen LogP contribution in [0.5, 0.6) is 0 Å². The van der Waals surface area contributed by atoms with Crippen LogP contribution in [0.4, 0.5) is 0 Å². The minimum absolute atomic E-state index is 0.0104. The van der Waals surface area contributed by atoms with Gasteiger partial charge in [-0.2, -0.15) is 9.57 Å². The van der Waals surface area contributed by atoms with Crippen molar-refractivity contribution in [3.05, 3.63) is 29.8 Å². The highest BCUT2D eigenvalue weighted by atomic mass is 32.2. The van der Waals surface area contributed by atoms with E-state index in [2.05, 4.69) is 0 Å². The summed E-state index contributed by atoms with van der Waals surface area (Å²) in [4.78, 5) is 28.2. The SMILES string of the molecule is CCC1(C)CC(=O)N(CN2CCN(S(=O)(=O)c3ccccc3C#N)CC2)C(=O)C1. The lowest BCUT2D eigenvalue weighted by Gasteiger charge is -2.40. The first-order valence-electron chi connectivity index (χ1n) is 9.75. The van der Waals surface area contributed by atoms with Crippen LogP contribution in [0.2, 0.25) is 0 Å². The summed E-state index contributed by atoms with van der Waals surface area (Å²) in [7, 11) is -3.76. The van der Waals surface area contributed by atoms with Gasteiger partial charge in [0.1, 0.15) is 6.07 Å². The number of rotatable bonds is 5.